The summed E-state index contributed by atoms with van der Waals surface area (Å²) < 4.78 is 58.5. The predicted molar refractivity (Wildman–Crippen MR) is 19.2 cm³/mol. The molecule has 0 saturated heterocycles. The van der Waals surface area contributed by atoms with Crippen molar-refractivity contribution in [2.45, 2.75) is 19.1 Å². The van der Waals surface area contributed by atoms with E-state index in [1.807, 2.05) is 0 Å². The highest BCUT2D eigenvalue weighted by molar-refractivity contribution is 4.53. The Kier molecular flexibility index (Phi) is 2.97. The first-order valence-electron chi connectivity index (χ1n) is 2.02. The van der Waals surface area contributed by atoms with Gasteiger partial charge in [-0.2, -0.15) is 13.2 Å². The molecule has 0 aromatic heterocycles. The maximum atomic E-state index is 11.4. The van der Waals surface area contributed by atoms with E-state index in [4.69, 9.17) is 5.11 Å². The van der Waals surface area contributed by atoms with Gasteiger partial charge in [0.25, 0.3) is 0 Å². The zero-order chi connectivity index (χ0) is 8.36. The normalized spacial score (nSPS) is 15.9. The van der Waals surface area contributed by atoms with Crippen LogP contribution in [0.5, 0.6) is 0 Å². The summed E-state index contributed by atoms with van der Waals surface area (Å²) in [5.74, 6) is 0. The fraction of sp³-hybridized carbons (Fsp3) is 1.00. The maximum Gasteiger partial charge on any atom is 0.420 e. The van der Waals surface area contributed by atoms with Gasteiger partial charge in [0.05, 0.1) is 0 Å². The van der Waals surface area contributed by atoms with Crippen LogP contribution < -0.4 is 0 Å². The van der Waals surface area contributed by atoms with Gasteiger partial charge >= 0.3 is 19.1 Å². The first-order chi connectivity index (χ1) is 4.36. The molecule has 1 unspecified atom stereocenters. The van der Waals surface area contributed by atoms with Crippen LogP contribution in [0, 0.1) is 0 Å². The van der Waals surface area contributed by atoms with Crippen molar-refractivity contribution in [2.75, 3.05) is 0 Å². The van der Waals surface area contributed by atoms with E-state index < -0.39 is 19.1 Å². The number of alkyl halides is 5. The van der Waals surface area contributed by atoms with Gasteiger partial charge in [0.2, 0.25) is 0 Å². The molecule has 0 aromatic rings. The molecule has 0 saturated carbocycles. The Bertz CT molecular complexity index is 103. The minimum Gasteiger partial charge on any atom is -0.342 e. The first-order valence-corrected chi connectivity index (χ1v) is 2.02. The van der Waals surface area contributed by atoms with Crippen LogP contribution in [0.25, 0.3) is 0 Å². The predicted octanol–water partition coefficient (Wildman–Crippen LogP) is 1.11. The van der Waals surface area contributed by atoms with Crippen LogP contribution in [0.3, 0.4) is 0 Å². The minimum atomic E-state index is -4.94. The fourth-order valence-electron chi connectivity index (χ4n) is 0.181. The Morgan fingerprint density at radius 2 is 1.60 bits per heavy atom. The maximum absolute atomic E-state index is 11.4. The van der Waals surface area contributed by atoms with Crippen molar-refractivity contribution >= 4 is 0 Å². The van der Waals surface area contributed by atoms with E-state index in [0.717, 1.165) is 0 Å². The van der Waals surface area contributed by atoms with E-state index in [9.17, 15) is 22.0 Å². The molecule has 0 rings (SSSR count). The molecule has 62 valence electrons. The molecule has 0 aromatic carbocycles. The van der Waals surface area contributed by atoms with Gasteiger partial charge in [-0.05, 0) is 0 Å². The van der Waals surface area contributed by atoms with Crippen LogP contribution >= 0.6 is 0 Å². The second kappa shape index (κ2) is 3.11. The second-order valence-corrected chi connectivity index (χ2v) is 1.27. The number of aliphatic hydroxyl groups excluding tert-OH is 1. The van der Waals surface area contributed by atoms with Gasteiger partial charge in [0.1, 0.15) is 0 Å². The Morgan fingerprint density at radius 1 is 1.20 bits per heavy atom. The standard InChI is InChI=1S/C3H3F5O2/c4-1(5)3(7,8)10-2(6)9/h1-2,9H. The van der Waals surface area contributed by atoms with Crippen molar-refractivity contribution in [3.05, 3.63) is 0 Å². The third-order valence-corrected chi connectivity index (χ3v) is 0.508. The quantitative estimate of drug-likeness (QED) is 0.502. The number of aliphatic hydroxyl groups is 1. The van der Waals surface area contributed by atoms with Crippen molar-refractivity contribution in [3.63, 3.8) is 0 Å². The third kappa shape index (κ3) is 2.92. The van der Waals surface area contributed by atoms with Gasteiger partial charge in [0, 0.05) is 0 Å². The summed E-state index contributed by atoms with van der Waals surface area (Å²) in [6.45, 7) is -3.40. The monoisotopic (exact) mass is 166 g/mol. The fourth-order valence-corrected chi connectivity index (χ4v) is 0.181. The molecule has 0 heterocycles. The Balaban J connectivity index is 3.87. The summed E-state index contributed by atoms with van der Waals surface area (Å²) in [5.41, 5.74) is 0. The van der Waals surface area contributed by atoms with Crippen molar-refractivity contribution in [1.82, 2.24) is 0 Å². The van der Waals surface area contributed by atoms with Gasteiger partial charge in [0.15, 0.2) is 0 Å². The van der Waals surface area contributed by atoms with Gasteiger partial charge in [-0.15, -0.1) is 0 Å². The topological polar surface area (TPSA) is 29.5 Å². The van der Waals surface area contributed by atoms with Crippen LogP contribution in [-0.2, 0) is 4.74 Å². The average molecular weight is 166 g/mol. The van der Waals surface area contributed by atoms with Crippen molar-refractivity contribution in [3.8, 4) is 0 Å². The summed E-state index contributed by atoms with van der Waals surface area (Å²) >= 11 is 0. The first kappa shape index (κ1) is 9.57. The molecule has 0 amide bonds. The number of hydrogen-bond acceptors (Lipinski definition) is 2. The van der Waals surface area contributed by atoms with E-state index >= 15 is 0 Å². The highest BCUT2D eigenvalue weighted by Crippen LogP contribution is 2.25. The number of rotatable bonds is 3. The lowest BCUT2D eigenvalue weighted by atomic mass is 10.7. The SMILES string of the molecule is OC(F)OC(F)(F)C(F)F. The van der Waals surface area contributed by atoms with E-state index in [1.165, 1.54) is 0 Å². The highest BCUT2D eigenvalue weighted by Gasteiger charge is 2.44. The smallest absolute Gasteiger partial charge is 0.342 e. The Hall–Kier alpha value is -0.430. The number of hydrogen-bond donors (Lipinski definition) is 1. The van der Waals surface area contributed by atoms with Crippen LogP contribution in [-0.4, -0.2) is 24.2 Å². The van der Waals surface area contributed by atoms with Crippen molar-refractivity contribution in [2.24, 2.45) is 0 Å². The highest BCUT2D eigenvalue weighted by atomic mass is 19.3. The lowest BCUT2D eigenvalue weighted by molar-refractivity contribution is -0.375. The van der Waals surface area contributed by atoms with Gasteiger partial charge in [-0.25, -0.2) is 8.78 Å². The lowest BCUT2D eigenvalue weighted by Crippen LogP contribution is -2.33. The molecule has 0 aliphatic carbocycles. The van der Waals surface area contributed by atoms with Crippen LogP contribution in [0.1, 0.15) is 0 Å². The van der Waals surface area contributed by atoms with Crippen LogP contribution in [0.2, 0.25) is 0 Å². The van der Waals surface area contributed by atoms with E-state index in [1.54, 1.807) is 0 Å². The van der Waals surface area contributed by atoms with Gasteiger partial charge < -0.3 is 5.11 Å². The number of ether oxygens (including phenoxy) is 1. The molecular formula is C3H3F5O2. The largest absolute Gasteiger partial charge is 0.420 e. The molecule has 2 nitrogen and oxygen atoms in total. The van der Waals surface area contributed by atoms with E-state index in [-0.39, 0.29) is 0 Å². The lowest BCUT2D eigenvalue weighted by Gasteiger charge is -2.14. The molecule has 0 aliphatic rings. The molecule has 10 heavy (non-hydrogen) atoms. The summed E-state index contributed by atoms with van der Waals surface area (Å²) in [7, 11) is 0. The molecular weight excluding hydrogens is 163 g/mol. The molecule has 1 N–H and O–H groups in total. The van der Waals surface area contributed by atoms with Crippen LogP contribution in [0.15, 0.2) is 0 Å². The molecule has 0 fully saturated rings. The summed E-state index contributed by atoms with van der Waals surface area (Å²) in [6.07, 6.45) is -9.09. The second-order valence-electron chi connectivity index (χ2n) is 1.27. The van der Waals surface area contributed by atoms with Crippen LogP contribution in [0.4, 0.5) is 22.0 Å². The van der Waals surface area contributed by atoms with E-state index in [0.29, 0.717) is 0 Å². The van der Waals surface area contributed by atoms with Crippen molar-refractivity contribution < 1.29 is 31.8 Å². The molecule has 1 atom stereocenters. The zero-order valence-corrected chi connectivity index (χ0v) is 4.40. The summed E-state index contributed by atoms with van der Waals surface area (Å²) in [6, 6.07) is 0. The van der Waals surface area contributed by atoms with Crippen molar-refractivity contribution in [1.29, 1.82) is 0 Å². The molecule has 0 bridgehead atoms. The zero-order valence-electron chi connectivity index (χ0n) is 4.40. The van der Waals surface area contributed by atoms with Gasteiger partial charge in [-0.3, -0.25) is 4.74 Å². The molecule has 0 radical (unpaired) electrons. The summed E-state index contributed by atoms with van der Waals surface area (Å²) in [5, 5.41) is 7.43. The molecule has 0 spiro atoms. The Labute approximate surface area is 52.2 Å². The molecule has 0 aliphatic heterocycles. The molecule has 7 heteroatoms. The van der Waals surface area contributed by atoms with E-state index in [2.05, 4.69) is 4.74 Å². The minimum absolute atomic E-state index is 2.50. The third-order valence-electron chi connectivity index (χ3n) is 0.508. The van der Waals surface area contributed by atoms with Gasteiger partial charge in [-0.1, -0.05) is 0 Å². The Morgan fingerprint density at radius 3 is 1.70 bits per heavy atom. The number of halogens is 5. The average Bonchev–Trinajstić information content (AvgIpc) is 1.60. The summed E-state index contributed by atoms with van der Waals surface area (Å²) in [4.78, 5) is 0.